The maximum atomic E-state index is 13.0. The molecule has 0 unspecified atom stereocenters. The first-order chi connectivity index (χ1) is 15.5. The van der Waals surface area contributed by atoms with E-state index < -0.39 is 0 Å². The number of likely N-dealkylation sites (N-methyl/N-ethyl adjacent to an activating group) is 2. The Hall–Kier alpha value is -3.26. The molecule has 0 bridgehead atoms. The van der Waals surface area contributed by atoms with Crippen molar-refractivity contribution in [2.45, 2.75) is 26.4 Å². The molecule has 2 aromatic heterocycles. The quantitative estimate of drug-likeness (QED) is 0.556. The highest BCUT2D eigenvalue weighted by Gasteiger charge is 2.32. The van der Waals surface area contributed by atoms with Crippen molar-refractivity contribution in [3.8, 4) is 0 Å². The Morgan fingerprint density at radius 2 is 1.94 bits per heavy atom. The summed E-state index contributed by atoms with van der Waals surface area (Å²) in [5.74, 6) is 1.28. The third-order valence-electron chi connectivity index (χ3n) is 5.66. The average Bonchev–Trinajstić information content (AvgIpc) is 3.11. The van der Waals surface area contributed by atoms with E-state index >= 15 is 0 Å². The van der Waals surface area contributed by atoms with Crippen LogP contribution in [0.2, 0.25) is 0 Å². The van der Waals surface area contributed by atoms with Crippen molar-refractivity contribution in [2.75, 3.05) is 51.0 Å². The highest BCUT2D eigenvalue weighted by molar-refractivity contribution is 5.98. The second-order valence-corrected chi connectivity index (χ2v) is 8.54. The van der Waals surface area contributed by atoms with Gasteiger partial charge in [-0.3, -0.25) is 9.78 Å². The van der Waals surface area contributed by atoms with Gasteiger partial charge in [0.25, 0.3) is 5.91 Å². The summed E-state index contributed by atoms with van der Waals surface area (Å²) in [7, 11) is 6.04. The summed E-state index contributed by atoms with van der Waals surface area (Å²) in [6.45, 7) is 5.56. The zero-order chi connectivity index (χ0) is 22.7. The van der Waals surface area contributed by atoms with E-state index in [1.54, 1.807) is 0 Å². The first-order valence-corrected chi connectivity index (χ1v) is 11.1. The van der Waals surface area contributed by atoms with E-state index in [2.05, 4.69) is 39.2 Å². The molecule has 8 heteroatoms. The molecule has 4 rings (SSSR count). The van der Waals surface area contributed by atoms with Crippen molar-refractivity contribution in [1.29, 1.82) is 0 Å². The zero-order valence-electron chi connectivity index (χ0n) is 19.3. The Balaban J connectivity index is 1.61. The van der Waals surface area contributed by atoms with Crippen LogP contribution in [0.5, 0.6) is 0 Å². The smallest absolute Gasteiger partial charge is 0.273 e. The van der Waals surface area contributed by atoms with E-state index in [0.717, 1.165) is 53.9 Å². The van der Waals surface area contributed by atoms with Gasteiger partial charge in [-0.25, -0.2) is 4.98 Å². The lowest BCUT2D eigenvalue weighted by Crippen LogP contribution is -2.30. The lowest BCUT2D eigenvalue weighted by molar-refractivity contribution is 0.0774. The van der Waals surface area contributed by atoms with Crippen LogP contribution in [-0.4, -0.2) is 71.4 Å². The summed E-state index contributed by atoms with van der Waals surface area (Å²) in [5, 5.41) is 4.57. The topological polar surface area (TPSA) is 77.5 Å². The first kappa shape index (κ1) is 22.0. The van der Waals surface area contributed by atoms with E-state index in [1.165, 1.54) is 0 Å². The van der Waals surface area contributed by atoms with Gasteiger partial charge >= 0.3 is 0 Å². The number of carbonyl (C=O) groups is 1. The fraction of sp³-hybridized carbons (Fsp3) is 0.417. The molecular formula is C24H31N7O. The van der Waals surface area contributed by atoms with Gasteiger partial charge in [-0.2, -0.15) is 4.98 Å². The molecule has 0 saturated heterocycles. The van der Waals surface area contributed by atoms with Gasteiger partial charge in [0.1, 0.15) is 11.5 Å². The number of nitrogens with zero attached hydrogens (tertiary/aromatic N) is 6. The number of anilines is 2. The molecule has 0 spiro atoms. The minimum atomic E-state index is -0.0121. The number of amides is 1. The summed E-state index contributed by atoms with van der Waals surface area (Å²) in [5.41, 5.74) is 3.43. The fourth-order valence-electron chi connectivity index (χ4n) is 3.83. The second-order valence-electron chi connectivity index (χ2n) is 8.54. The Kier molecular flexibility index (Phi) is 6.50. The van der Waals surface area contributed by atoms with Crippen LogP contribution in [0.3, 0.4) is 0 Å². The summed E-state index contributed by atoms with van der Waals surface area (Å²) >= 11 is 0. The van der Waals surface area contributed by atoms with Crippen LogP contribution in [-0.2, 0) is 13.1 Å². The maximum Gasteiger partial charge on any atom is 0.273 e. The van der Waals surface area contributed by atoms with Crippen molar-refractivity contribution in [3.63, 3.8) is 0 Å². The molecule has 1 aromatic carbocycles. The van der Waals surface area contributed by atoms with E-state index in [0.29, 0.717) is 24.7 Å². The maximum absolute atomic E-state index is 13.0. The number of hydrogen-bond donors (Lipinski definition) is 1. The predicted molar refractivity (Wildman–Crippen MR) is 128 cm³/mol. The molecule has 1 N–H and O–H groups in total. The number of benzene rings is 1. The highest BCUT2D eigenvalue weighted by atomic mass is 16.2. The summed E-state index contributed by atoms with van der Waals surface area (Å²) < 4.78 is 0. The first-order valence-electron chi connectivity index (χ1n) is 11.1. The van der Waals surface area contributed by atoms with Crippen LogP contribution in [0.4, 0.5) is 11.8 Å². The third kappa shape index (κ3) is 4.65. The average molecular weight is 434 g/mol. The molecule has 3 heterocycles. The van der Waals surface area contributed by atoms with Crippen molar-refractivity contribution in [2.24, 2.45) is 0 Å². The van der Waals surface area contributed by atoms with E-state index in [1.807, 2.05) is 55.3 Å². The molecule has 0 radical (unpaired) electrons. The largest absolute Gasteiger partial charge is 0.365 e. The molecule has 168 valence electrons. The van der Waals surface area contributed by atoms with Gasteiger partial charge < -0.3 is 20.0 Å². The Morgan fingerprint density at radius 1 is 1.12 bits per heavy atom. The van der Waals surface area contributed by atoms with Crippen molar-refractivity contribution < 1.29 is 4.79 Å². The molecule has 1 aliphatic rings. The molecule has 0 fully saturated rings. The summed E-state index contributed by atoms with van der Waals surface area (Å²) in [6.07, 6.45) is 2.80. The Labute approximate surface area is 189 Å². The van der Waals surface area contributed by atoms with Gasteiger partial charge in [0, 0.05) is 50.4 Å². The van der Waals surface area contributed by atoms with Crippen LogP contribution >= 0.6 is 0 Å². The Morgan fingerprint density at radius 3 is 2.72 bits per heavy atom. The molecule has 32 heavy (non-hydrogen) atoms. The molecule has 1 amide bonds. The van der Waals surface area contributed by atoms with Gasteiger partial charge in [-0.05, 0) is 38.2 Å². The number of carbonyl (C=O) groups excluding carboxylic acids is 1. The number of rotatable bonds is 9. The van der Waals surface area contributed by atoms with Gasteiger partial charge in [0.2, 0.25) is 5.95 Å². The molecule has 1 aliphatic heterocycles. The van der Waals surface area contributed by atoms with Crippen LogP contribution in [0.25, 0.3) is 10.9 Å². The van der Waals surface area contributed by atoms with E-state index in [9.17, 15) is 4.79 Å². The van der Waals surface area contributed by atoms with E-state index in [4.69, 9.17) is 4.98 Å². The van der Waals surface area contributed by atoms with Crippen molar-refractivity contribution >= 4 is 28.6 Å². The number of pyridine rings is 1. The lowest BCUT2D eigenvalue weighted by Gasteiger charge is -2.21. The molecular weight excluding hydrogens is 402 g/mol. The number of fused-ring (bicyclic) bond motifs is 2. The van der Waals surface area contributed by atoms with Gasteiger partial charge in [0.05, 0.1) is 12.1 Å². The third-order valence-corrected chi connectivity index (χ3v) is 5.66. The molecule has 3 aromatic rings. The minimum absolute atomic E-state index is 0.0121. The minimum Gasteiger partial charge on any atom is -0.365 e. The molecule has 0 atom stereocenters. The number of aromatic nitrogens is 3. The SMILES string of the molecule is CCCN1Cc2c(NCc3cnc4ccccc4c3)nc(N(C)CCN(C)C)nc2C1=O. The standard InChI is InChI=1S/C24H31N7O/c1-5-10-31-16-19-21(23(31)32)27-24(30(4)12-11-29(2)3)28-22(19)26-15-17-13-18-8-6-7-9-20(18)25-14-17/h6-9,13-14H,5,10-12,15-16H2,1-4H3,(H,26,27,28). The number of hydrogen-bond acceptors (Lipinski definition) is 7. The second kappa shape index (κ2) is 9.48. The van der Waals surface area contributed by atoms with Crippen molar-refractivity contribution in [3.05, 3.63) is 53.3 Å². The van der Waals surface area contributed by atoms with Crippen LogP contribution in [0.1, 0.15) is 35.0 Å². The van der Waals surface area contributed by atoms with Crippen LogP contribution in [0.15, 0.2) is 36.5 Å². The zero-order valence-corrected chi connectivity index (χ0v) is 19.3. The Bertz CT molecular complexity index is 1110. The monoisotopic (exact) mass is 433 g/mol. The van der Waals surface area contributed by atoms with Crippen molar-refractivity contribution in [1.82, 2.24) is 24.8 Å². The lowest BCUT2D eigenvalue weighted by atomic mass is 10.1. The van der Waals surface area contributed by atoms with Crippen LogP contribution in [0, 0.1) is 0 Å². The summed E-state index contributed by atoms with van der Waals surface area (Å²) in [4.78, 5) is 33.0. The molecule has 0 aliphatic carbocycles. The normalized spacial score (nSPS) is 13.2. The van der Waals surface area contributed by atoms with Gasteiger partial charge in [0.15, 0.2) is 0 Å². The molecule has 8 nitrogen and oxygen atoms in total. The summed E-state index contributed by atoms with van der Waals surface area (Å²) in [6, 6.07) is 10.2. The highest BCUT2D eigenvalue weighted by Crippen LogP contribution is 2.29. The fourth-order valence-corrected chi connectivity index (χ4v) is 3.83. The van der Waals surface area contributed by atoms with E-state index in [-0.39, 0.29) is 5.91 Å². The number of para-hydroxylation sites is 1. The molecule has 0 saturated carbocycles. The predicted octanol–water partition coefficient (Wildman–Crippen LogP) is 3.00. The van der Waals surface area contributed by atoms with Gasteiger partial charge in [-0.1, -0.05) is 25.1 Å². The van der Waals surface area contributed by atoms with Crippen LogP contribution < -0.4 is 10.2 Å². The van der Waals surface area contributed by atoms with Gasteiger partial charge in [-0.15, -0.1) is 0 Å². The number of nitrogens with one attached hydrogen (secondary N) is 1.